The summed E-state index contributed by atoms with van der Waals surface area (Å²) in [6.07, 6.45) is 5.12. The van der Waals surface area contributed by atoms with Gasteiger partial charge in [-0.2, -0.15) is 0 Å². The summed E-state index contributed by atoms with van der Waals surface area (Å²) in [5.74, 6) is 0.439. The van der Waals surface area contributed by atoms with E-state index in [9.17, 15) is 14.4 Å². The lowest BCUT2D eigenvalue weighted by Gasteiger charge is -2.33. The molecule has 1 aliphatic carbocycles. The first-order valence-corrected chi connectivity index (χ1v) is 10.8. The molecule has 4 amide bonds. The maximum absolute atomic E-state index is 12.8. The monoisotopic (exact) mass is 424 g/mol. The Morgan fingerprint density at radius 2 is 1.97 bits per heavy atom. The lowest BCUT2D eigenvalue weighted by Crippen LogP contribution is -2.50. The number of nitrogens with one attached hydrogen (secondary N) is 2. The third-order valence-corrected chi connectivity index (χ3v) is 6.23. The van der Waals surface area contributed by atoms with Crippen molar-refractivity contribution in [2.24, 2.45) is 5.92 Å². The van der Waals surface area contributed by atoms with Gasteiger partial charge in [0.25, 0.3) is 5.91 Å². The van der Waals surface area contributed by atoms with Crippen molar-refractivity contribution in [3.63, 3.8) is 0 Å². The molecule has 1 aromatic carbocycles. The molecule has 1 saturated heterocycles. The van der Waals surface area contributed by atoms with Crippen LogP contribution in [0.4, 0.5) is 4.79 Å². The Labute approximate surface area is 181 Å². The highest BCUT2D eigenvalue weighted by Crippen LogP contribution is 2.36. The summed E-state index contributed by atoms with van der Waals surface area (Å²) in [4.78, 5) is 43.0. The zero-order valence-corrected chi connectivity index (χ0v) is 17.9. The lowest BCUT2D eigenvalue weighted by atomic mass is 9.77. The smallest absolute Gasteiger partial charge is 0.325 e. The van der Waals surface area contributed by atoms with Crippen molar-refractivity contribution in [1.82, 2.24) is 20.5 Å². The van der Waals surface area contributed by atoms with Gasteiger partial charge in [-0.25, -0.2) is 9.78 Å². The summed E-state index contributed by atoms with van der Waals surface area (Å²) >= 11 is 0. The van der Waals surface area contributed by atoms with Crippen LogP contribution >= 0.6 is 0 Å². The minimum Gasteiger partial charge on any atom is -0.444 e. The number of imide groups is 1. The summed E-state index contributed by atoms with van der Waals surface area (Å²) in [5.41, 5.74) is 1.95. The van der Waals surface area contributed by atoms with Gasteiger partial charge >= 0.3 is 6.03 Å². The molecule has 4 rings (SSSR count). The number of nitrogens with zero attached hydrogens (tertiary/aromatic N) is 2. The van der Waals surface area contributed by atoms with E-state index in [4.69, 9.17) is 4.42 Å². The van der Waals surface area contributed by atoms with E-state index >= 15 is 0 Å². The van der Waals surface area contributed by atoms with E-state index in [2.05, 4.69) is 22.5 Å². The molecule has 1 aliphatic heterocycles. The number of carbonyl (C=O) groups is 3. The van der Waals surface area contributed by atoms with Gasteiger partial charge in [0.15, 0.2) is 0 Å². The minimum absolute atomic E-state index is 0.268. The maximum atomic E-state index is 12.8. The molecular formula is C23H28N4O4. The molecule has 8 heteroatoms. The number of urea groups is 1. The first-order chi connectivity index (χ1) is 14.9. The van der Waals surface area contributed by atoms with Gasteiger partial charge in [-0.15, -0.1) is 0 Å². The number of rotatable bonds is 6. The van der Waals surface area contributed by atoms with Gasteiger partial charge in [-0.1, -0.05) is 24.6 Å². The third kappa shape index (κ3) is 4.47. The van der Waals surface area contributed by atoms with Gasteiger partial charge in [0.2, 0.25) is 11.8 Å². The largest absolute Gasteiger partial charge is 0.444 e. The van der Waals surface area contributed by atoms with Crippen LogP contribution in [0.5, 0.6) is 0 Å². The van der Waals surface area contributed by atoms with E-state index in [0.717, 1.165) is 34.6 Å². The molecule has 0 radical (unpaired) electrons. The lowest BCUT2D eigenvalue weighted by molar-refractivity contribution is -0.136. The molecular weight excluding hydrogens is 396 g/mol. The fourth-order valence-corrected chi connectivity index (χ4v) is 4.19. The Balaban J connectivity index is 1.27. The first-order valence-electron chi connectivity index (χ1n) is 10.8. The van der Waals surface area contributed by atoms with Gasteiger partial charge in [-0.05, 0) is 50.7 Å². The van der Waals surface area contributed by atoms with E-state index < -0.39 is 11.6 Å². The number of aryl methyl sites for hydroxylation is 1. The van der Waals surface area contributed by atoms with Crippen LogP contribution in [0.1, 0.15) is 43.9 Å². The van der Waals surface area contributed by atoms with Crippen molar-refractivity contribution < 1.29 is 18.8 Å². The average molecular weight is 425 g/mol. The van der Waals surface area contributed by atoms with E-state index in [1.807, 2.05) is 31.2 Å². The van der Waals surface area contributed by atoms with Crippen LogP contribution in [0.15, 0.2) is 34.9 Å². The number of benzene rings is 1. The fourth-order valence-electron chi connectivity index (χ4n) is 4.19. The molecule has 2 N–H and O–H groups in total. The number of hydrogen-bond acceptors (Lipinski definition) is 5. The summed E-state index contributed by atoms with van der Waals surface area (Å²) in [6, 6.07) is 7.41. The quantitative estimate of drug-likeness (QED) is 0.694. The fraction of sp³-hybridized carbons (Fsp3) is 0.478. The molecule has 31 heavy (non-hydrogen) atoms. The van der Waals surface area contributed by atoms with Gasteiger partial charge < -0.3 is 15.1 Å². The number of carbonyl (C=O) groups excluding carboxylic acids is 3. The molecule has 0 atom stereocenters. The van der Waals surface area contributed by atoms with Gasteiger partial charge in [0.05, 0.1) is 5.69 Å². The molecule has 2 fully saturated rings. The molecule has 164 valence electrons. The molecule has 0 unspecified atom stereocenters. The highest BCUT2D eigenvalue weighted by Gasteiger charge is 2.52. The molecule has 1 spiro atoms. The zero-order valence-electron chi connectivity index (χ0n) is 17.9. The predicted octanol–water partition coefficient (Wildman–Crippen LogP) is 2.81. The highest BCUT2D eigenvalue weighted by atomic mass is 16.3. The average Bonchev–Trinajstić information content (AvgIpc) is 3.30. The van der Waals surface area contributed by atoms with Crippen LogP contribution in [0.2, 0.25) is 0 Å². The number of oxazole rings is 1. The van der Waals surface area contributed by atoms with Crippen molar-refractivity contribution in [3.05, 3.63) is 41.8 Å². The van der Waals surface area contributed by atoms with Crippen LogP contribution in [0.25, 0.3) is 11.5 Å². The van der Waals surface area contributed by atoms with Gasteiger partial charge in [0.1, 0.15) is 18.3 Å². The molecule has 8 nitrogen and oxygen atoms in total. The van der Waals surface area contributed by atoms with E-state index in [-0.39, 0.29) is 18.4 Å². The SMILES string of the molecule is Cc1ccc(-c2nc(CCNC(=O)CN3C(=O)NC4(CCC(C)CC4)C3=O)co2)cc1. The Morgan fingerprint density at radius 1 is 1.26 bits per heavy atom. The van der Waals surface area contributed by atoms with E-state index in [1.165, 1.54) is 0 Å². The van der Waals surface area contributed by atoms with Crippen LogP contribution in [0.3, 0.4) is 0 Å². The van der Waals surface area contributed by atoms with Crippen molar-refractivity contribution in [1.29, 1.82) is 0 Å². The van der Waals surface area contributed by atoms with Crippen LogP contribution in [0, 0.1) is 12.8 Å². The third-order valence-electron chi connectivity index (χ3n) is 6.23. The standard InChI is InChI=1S/C23H28N4O4/c1-15-3-5-17(6-4-15)20-25-18(14-31-20)9-12-24-19(28)13-27-21(29)23(26-22(27)30)10-7-16(2)8-11-23/h3-6,14,16H,7-13H2,1-2H3,(H,24,28)(H,26,30). The number of amides is 4. The Kier molecular flexibility index (Phi) is 5.80. The minimum atomic E-state index is -0.822. The molecule has 2 heterocycles. The Hall–Kier alpha value is -3.16. The molecule has 0 bridgehead atoms. The topological polar surface area (TPSA) is 105 Å². The van der Waals surface area contributed by atoms with Gasteiger partial charge in [-0.3, -0.25) is 14.5 Å². The van der Waals surface area contributed by atoms with Crippen LogP contribution in [-0.2, 0) is 16.0 Å². The second kappa shape index (κ2) is 8.53. The van der Waals surface area contributed by atoms with Crippen molar-refractivity contribution >= 4 is 17.8 Å². The van der Waals surface area contributed by atoms with Crippen molar-refractivity contribution in [2.45, 2.75) is 51.5 Å². The maximum Gasteiger partial charge on any atom is 0.325 e. The summed E-state index contributed by atoms with van der Waals surface area (Å²) in [5, 5.41) is 5.59. The van der Waals surface area contributed by atoms with Gasteiger partial charge in [0, 0.05) is 18.5 Å². The molecule has 1 aromatic heterocycles. The summed E-state index contributed by atoms with van der Waals surface area (Å²) in [7, 11) is 0. The summed E-state index contributed by atoms with van der Waals surface area (Å²) < 4.78 is 5.53. The van der Waals surface area contributed by atoms with Crippen LogP contribution < -0.4 is 10.6 Å². The highest BCUT2D eigenvalue weighted by molar-refractivity contribution is 6.09. The normalized spacial score (nSPS) is 23.3. The molecule has 2 aliphatic rings. The van der Waals surface area contributed by atoms with Crippen molar-refractivity contribution in [2.75, 3.05) is 13.1 Å². The second-order valence-corrected chi connectivity index (χ2v) is 8.70. The first kappa shape index (κ1) is 21.1. The van der Waals surface area contributed by atoms with E-state index in [0.29, 0.717) is 37.6 Å². The van der Waals surface area contributed by atoms with Crippen LogP contribution in [-0.4, -0.2) is 46.4 Å². The Bertz CT molecular complexity index is 974. The number of aromatic nitrogens is 1. The Morgan fingerprint density at radius 3 is 2.68 bits per heavy atom. The van der Waals surface area contributed by atoms with Crippen molar-refractivity contribution in [3.8, 4) is 11.5 Å². The molecule has 2 aromatic rings. The predicted molar refractivity (Wildman–Crippen MR) is 114 cm³/mol. The second-order valence-electron chi connectivity index (χ2n) is 8.70. The zero-order chi connectivity index (χ0) is 22.0. The number of hydrogen-bond donors (Lipinski definition) is 2. The summed E-state index contributed by atoms with van der Waals surface area (Å²) in [6.45, 7) is 4.24. The van der Waals surface area contributed by atoms with E-state index in [1.54, 1.807) is 6.26 Å². The molecule has 1 saturated carbocycles.